The van der Waals surface area contributed by atoms with Gasteiger partial charge in [0.2, 0.25) is 7.05 Å². The standard InChI is InChI=1S/C7H7NO2S2/c1-8(11)12(9,10)7-5-3-2-4-6-7/h2-6H,1H2/q+1. The van der Waals surface area contributed by atoms with E-state index in [1.54, 1.807) is 18.2 Å². The Morgan fingerprint density at radius 2 is 1.75 bits per heavy atom. The largest absolute Gasteiger partial charge is 0.408 e. The first kappa shape index (κ1) is 9.28. The number of rotatable bonds is 2. The van der Waals surface area contributed by atoms with Crippen molar-refractivity contribution < 1.29 is 11.8 Å². The van der Waals surface area contributed by atoms with Gasteiger partial charge in [0.1, 0.15) is 4.90 Å². The Bertz CT molecular complexity index is 383. The van der Waals surface area contributed by atoms with Gasteiger partial charge in [-0.15, -0.1) is 0 Å². The first-order chi connectivity index (χ1) is 5.55. The topological polar surface area (TPSA) is 37.1 Å². The van der Waals surface area contributed by atoms with E-state index in [0.717, 1.165) is 0 Å². The highest BCUT2D eigenvalue weighted by Crippen LogP contribution is 2.09. The molecule has 0 unspecified atom stereocenters. The molecule has 0 bridgehead atoms. The van der Waals surface area contributed by atoms with Crippen LogP contribution in [0.2, 0.25) is 0 Å². The minimum atomic E-state index is -3.54. The van der Waals surface area contributed by atoms with Crippen LogP contribution in [0.25, 0.3) is 0 Å². The molecule has 0 heterocycles. The van der Waals surface area contributed by atoms with Crippen LogP contribution in [0.1, 0.15) is 0 Å². The van der Waals surface area contributed by atoms with Crippen molar-refractivity contribution in [3.05, 3.63) is 37.4 Å². The summed E-state index contributed by atoms with van der Waals surface area (Å²) in [4.78, 5) is 0.162. The Kier molecular flexibility index (Phi) is 2.54. The van der Waals surface area contributed by atoms with E-state index in [1.807, 2.05) is 0 Å². The summed E-state index contributed by atoms with van der Waals surface area (Å²) in [5.41, 5.74) is 0. The maximum Gasteiger partial charge on any atom is 0.408 e. The Hall–Kier alpha value is -0.810. The zero-order valence-corrected chi connectivity index (χ0v) is 7.81. The summed E-state index contributed by atoms with van der Waals surface area (Å²) in [6, 6.07) is 7.94. The molecule has 1 rings (SSSR count). The fraction of sp³-hybridized carbons (Fsp3) is 0. The van der Waals surface area contributed by atoms with Crippen molar-refractivity contribution in [1.29, 1.82) is 0 Å². The lowest BCUT2D eigenvalue weighted by Gasteiger charge is -1.93. The molecule has 12 heavy (non-hydrogen) atoms. The van der Waals surface area contributed by atoms with Gasteiger partial charge in [-0.05, 0) is 15.5 Å². The number of nitrogens with zero attached hydrogens (tertiary/aromatic N) is 1. The van der Waals surface area contributed by atoms with Crippen LogP contribution in [-0.4, -0.2) is 11.8 Å². The molecule has 0 aliphatic heterocycles. The fourth-order valence-corrected chi connectivity index (χ4v) is 1.70. The highest BCUT2D eigenvalue weighted by molar-refractivity contribution is 7.87. The van der Waals surface area contributed by atoms with E-state index < -0.39 is 10.0 Å². The molecule has 0 aliphatic rings. The van der Waals surface area contributed by atoms with Gasteiger partial charge in [-0.3, -0.25) is 0 Å². The third-order valence-corrected chi connectivity index (χ3v) is 3.30. The molecular formula is C7H7NO2S2+. The van der Waals surface area contributed by atoms with Crippen LogP contribution in [-0.2, 0) is 22.4 Å². The normalized spacial score (nSPS) is 11.1. The first-order valence-corrected chi connectivity index (χ1v) is 4.93. The second-order valence-electron chi connectivity index (χ2n) is 2.12. The molecule has 0 saturated carbocycles. The summed E-state index contributed by atoms with van der Waals surface area (Å²) in [5, 5.41) is 0. The van der Waals surface area contributed by atoms with Gasteiger partial charge in [0, 0.05) is 0 Å². The maximum absolute atomic E-state index is 11.3. The number of benzene rings is 1. The monoisotopic (exact) mass is 201 g/mol. The highest BCUT2D eigenvalue weighted by atomic mass is 32.2. The molecule has 5 heteroatoms. The van der Waals surface area contributed by atoms with Gasteiger partial charge in [-0.2, -0.15) is 8.42 Å². The van der Waals surface area contributed by atoms with E-state index in [0.29, 0.717) is 3.35 Å². The van der Waals surface area contributed by atoms with Crippen molar-refractivity contribution in [2.75, 3.05) is 0 Å². The van der Waals surface area contributed by atoms with Crippen LogP contribution in [0.3, 0.4) is 0 Å². The summed E-state index contributed by atoms with van der Waals surface area (Å²) in [6.07, 6.45) is 0. The van der Waals surface area contributed by atoms with E-state index in [1.165, 1.54) is 12.1 Å². The van der Waals surface area contributed by atoms with Gasteiger partial charge in [-0.1, -0.05) is 18.2 Å². The van der Waals surface area contributed by atoms with E-state index >= 15 is 0 Å². The van der Waals surface area contributed by atoms with Crippen molar-refractivity contribution >= 4 is 22.4 Å². The van der Waals surface area contributed by atoms with Crippen molar-refractivity contribution in [3.63, 3.8) is 0 Å². The summed E-state index contributed by atoms with van der Waals surface area (Å²) in [7, 11) is -0.393. The van der Waals surface area contributed by atoms with Gasteiger partial charge in [-0.25, -0.2) is 0 Å². The first-order valence-electron chi connectivity index (χ1n) is 3.13. The van der Waals surface area contributed by atoms with Crippen molar-refractivity contribution in [1.82, 2.24) is 0 Å². The maximum atomic E-state index is 11.3. The second-order valence-corrected chi connectivity index (χ2v) is 4.66. The molecule has 1 aromatic rings. The second kappa shape index (κ2) is 3.28. The van der Waals surface area contributed by atoms with Gasteiger partial charge < -0.3 is 0 Å². The Balaban J connectivity index is 3.26. The zero-order chi connectivity index (χ0) is 9.19. The van der Waals surface area contributed by atoms with Gasteiger partial charge in [0.25, 0.3) is 12.4 Å². The molecule has 1 aromatic carbocycles. The van der Waals surface area contributed by atoms with Crippen molar-refractivity contribution in [2.24, 2.45) is 0 Å². The number of sulfonamides is 1. The number of hydrogen-bond donors (Lipinski definition) is 0. The Labute approximate surface area is 76.9 Å². The number of hydrogen-bond acceptors (Lipinski definition) is 3. The van der Waals surface area contributed by atoms with E-state index in [-0.39, 0.29) is 4.90 Å². The molecule has 0 aromatic heterocycles. The third kappa shape index (κ3) is 1.67. The van der Waals surface area contributed by atoms with Gasteiger partial charge in [0.15, 0.2) is 0 Å². The molecule has 1 radical (unpaired) electrons. The average Bonchev–Trinajstić information content (AvgIpc) is 2.06. The summed E-state index contributed by atoms with van der Waals surface area (Å²) < 4.78 is 23.1. The molecule has 0 spiro atoms. The predicted molar refractivity (Wildman–Crippen MR) is 46.6 cm³/mol. The van der Waals surface area contributed by atoms with Gasteiger partial charge in [0.05, 0.1) is 0 Å². The average molecular weight is 201 g/mol. The summed E-state index contributed by atoms with van der Waals surface area (Å²) in [6.45, 7) is 0. The Morgan fingerprint density at radius 1 is 1.25 bits per heavy atom. The molecule has 0 saturated heterocycles. The molecule has 0 atom stereocenters. The minimum Gasteiger partial charge on any atom is -0.157 e. The molecule has 0 amide bonds. The summed E-state index contributed by atoms with van der Waals surface area (Å²) >= 11 is 4.43. The smallest absolute Gasteiger partial charge is 0.157 e. The molecule has 0 aliphatic carbocycles. The highest BCUT2D eigenvalue weighted by Gasteiger charge is 2.23. The van der Waals surface area contributed by atoms with Crippen molar-refractivity contribution in [3.8, 4) is 0 Å². The minimum absolute atomic E-state index is 0.162. The van der Waals surface area contributed by atoms with Crippen LogP contribution in [0.5, 0.6) is 0 Å². The van der Waals surface area contributed by atoms with E-state index in [4.69, 9.17) is 0 Å². The van der Waals surface area contributed by atoms with Crippen LogP contribution in [0.15, 0.2) is 35.2 Å². The summed E-state index contributed by atoms with van der Waals surface area (Å²) in [5.74, 6) is 0. The van der Waals surface area contributed by atoms with Crippen LogP contribution in [0, 0.1) is 7.05 Å². The quantitative estimate of drug-likeness (QED) is 0.667. The lowest BCUT2D eigenvalue weighted by Crippen LogP contribution is -2.11. The zero-order valence-electron chi connectivity index (χ0n) is 6.17. The molecular weight excluding hydrogens is 194 g/mol. The fourth-order valence-electron chi connectivity index (χ4n) is 0.710. The SMILES string of the molecule is [CH2][N+](=S)S(=O)(=O)c1ccccc1. The third-order valence-electron chi connectivity index (χ3n) is 1.31. The molecule has 0 fully saturated rings. The lowest BCUT2D eigenvalue weighted by atomic mass is 10.4. The van der Waals surface area contributed by atoms with Crippen LogP contribution >= 0.6 is 0 Å². The van der Waals surface area contributed by atoms with Crippen LogP contribution in [0.4, 0.5) is 0 Å². The predicted octanol–water partition coefficient (Wildman–Crippen LogP) is 0.910. The van der Waals surface area contributed by atoms with Crippen LogP contribution < -0.4 is 0 Å². The van der Waals surface area contributed by atoms with Gasteiger partial charge >= 0.3 is 10.0 Å². The lowest BCUT2D eigenvalue weighted by molar-refractivity contribution is -0.251. The van der Waals surface area contributed by atoms with E-state index in [9.17, 15) is 8.42 Å². The van der Waals surface area contributed by atoms with Crippen molar-refractivity contribution in [2.45, 2.75) is 4.90 Å². The van der Waals surface area contributed by atoms with E-state index in [2.05, 4.69) is 19.5 Å². The Morgan fingerprint density at radius 3 is 2.17 bits per heavy atom. The molecule has 3 nitrogen and oxygen atoms in total. The molecule has 63 valence electrons. The molecule has 0 N–H and O–H groups in total.